The lowest BCUT2D eigenvalue weighted by molar-refractivity contribution is -0.167. The van der Waals surface area contributed by atoms with E-state index in [4.69, 9.17) is 14.2 Å². The van der Waals surface area contributed by atoms with Gasteiger partial charge in [-0.05, 0) is 148 Å². The van der Waals surface area contributed by atoms with Crippen molar-refractivity contribution in [3.05, 3.63) is 158 Å². The van der Waals surface area contributed by atoms with Crippen molar-refractivity contribution >= 4 is 17.9 Å². The first kappa shape index (κ1) is 76.0. The summed E-state index contributed by atoms with van der Waals surface area (Å²) in [5.74, 6) is -0.943. The summed E-state index contributed by atoms with van der Waals surface area (Å²) < 4.78 is 16.9. The Labute approximate surface area is 499 Å². The number of unbranched alkanes of at least 4 members (excludes halogenated alkanes) is 21. The molecule has 81 heavy (non-hydrogen) atoms. The molecule has 0 aromatic carbocycles. The third-order valence-corrected chi connectivity index (χ3v) is 13.5. The number of carbonyl (C=O) groups excluding carboxylic acids is 3. The molecule has 1 atom stereocenters. The van der Waals surface area contributed by atoms with Crippen LogP contribution in [0.4, 0.5) is 0 Å². The van der Waals surface area contributed by atoms with Gasteiger partial charge in [-0.2, -0.15) is 0 Å². The number of carbonyl (C=O) groups is 3. The second kappa shape index (κ2) is 67.5. The Balaban J connectivity index is 4.42. The second-order valence-electron chi connectivity index (χ2n) is 21.3. The van der Waals surface area contributed by atoms with Crippen LogP contribution >= 0.6 is 0 Å². The monoisotopic (exact) mass is 1120 g/mol. The Hall–Kier alpha value is -4.97. The highest BCUT2D eigenvalue weighted by Gasteiger charge is 2.19. The maximum absolute atomic E-state index is 12.9. The summed E-state index contributed by atoms with van der Waals surface area (Å²) in [7, 11) is 0. The number of hydrogen-bond donors (Lipinski definition) is 0. The lowest BCUT2D eigenvalue weighted by atomic mass is 10.1. The maximum Gasteiger partial charge on any atom is 0.306 e. The van der Waals surface area contributed by atoms with Crippen molar-refractivity contribution in [3.63, 3.8) is 0 Å². The van der Waals surface area contributed by atoms with Crippen LogP contribution < -0.4 is 0 Å². The highest BCUT2D eigenvalue weighted by molar-refractivity contribution is 5.71. The molecular formula is C75H120O6. The largest absolute Gasteiger partial charge is 0.462 e. The Morgan fingerprint density at radius 1 is 0.259 bits per heavy atom. The molecule has 0 fully saturated rings. The van der Waals surface area contributed by atoms with Gasteiger partial charge in [-0.1, -0.05) is 269 Å². The lowest BCUT2D eigenvalue weighted by Gasteiger charge is -2.18. The summed E-state index contributed by atoms with van der Waals surface area (Å²) in [6.07, 6.45) is 98.2. The molecule has 0 saturated heterocycles. The number of rotatable bonds is 58. The molecule has 0 rings (SSSR count). The SMILES string of the molecule is CC/C=C\C/C=C\C/C=C\C/C=C\C/C=C\C/C=C\C/C=C\C/C=C\CCCCCCC(=O)OCC(COC(=O)CCCCCCC/C=C\CCCCCC)OC(=O)CCCCCCCCCC/C=C\C/C=C\C/C=C\C/C=C\CC. The molecule has 0 bridgehead atoms. The van der Waals surface area contributed by atoms with Gasteiger partial charge in [0.05, 0.1) is 0 Å². The normalized spacial score (nSPS) is 13.2. The van der Waals surface area contributed by atoms with Gasteiger partial charge in [0.15, 0.2) is 6.10 Å². The predicted molar refractivity (Wildman–Crippen MR) is 352 cm³/mol. The van der Waals surface area contributed by atoms with E-state index in [9.17, 15) is 14.4 Å². The van der Waals surface area contributed by atoms with Gasteiger partial charge < -0.3 is 14.2 Å². The Kier molecular flexibility index (Phi) is 63.4. The molecule has 0 heterocycles. The van der Waals surface area contributed by atoms with E-state index in [1.807, 2.05) is 0 Å². The molecule has 0 amide bonds. The topological polar surface area (TPSA) is 78.9 Å². The third kappa shape index (κ3) is 65.7. The van der Waals surface area contributed by atoms with Crippen LogP contribution in [0.3, 0.4) is 0 Å². The minimum Gasteiger partial charge on any atom is -0.462 e. The van der Waals surface area contributed by atoms with E-state index in [0.717, 1.165) is 167 Å². The molecule has 0 aliphatic heterocycles. The van der Waals surface area contributed by atoms with Gasteiger partial charge >= 0.3 is 17.9 Å². The van der Waals surface area contributed by atoms with E-state index in [1.165, 1.54) is 70.6 Å². The van der Waals surface area contributed by atoms with Crippen LogP contribution in [0.15, 0.2) is 158 Å². The molecule has 0 saturated carbocycles. The fraction of sp³-hybridized carbons (Fsp3) is 0.613. The molecule has 0 radical (unpaired) electrons. The molecule has 0 N–H and O–H groups in total. The number of hydrogen-bond acceptors (Lipinski definition) is 6. The van der Waals surface area contributed by atoms with Crippen LogP contribution in [0.1, 0.15) is 278 Å². The van der Waals surface area contributed by atoms with Gasteiger partial charge in [-0.15, -0.1) is 0 Å². The van der Waals surface area contributed by atoms with Crippen molar-refractivity contribution in [3.8, 4) is 0 Å². The van der Waals surface area contributed by atoms with Gasteiger partial charge in [-0.25, -0.2) is 0 Å². The second-order valence-corrected chi connectivity index (χ2v) is 21.3. The van der Waals surface area contributed by atoms with Crippen molar-refractivity contribution in [1.29, 1.82) is 0 Å². The van der Waals surface area contributed by atoms with Gasteiger partial charge in [0, 0.05) is 19.3 Å². The van der Waals surface area contributed by atoms with Crippen LogP contribution in [0, 0.1) is 0 Å². The molecule has 456 valence electrons. The number of esters is 3. The van der Waals surface area contributed by atoms with E-state index in [-0.39, 0.29) is 31.1 Å². The van der Waals surface area contributed by atoms with Crippen molar-refractivity contribution in [2.24, 2.45) is 0 Å². The molecule has 0 aromatic heterocycles. The maximum atomic E-state index is 12.9. The highest BCUT2D eigenvalue weighted by Crippen LogP contribution is 2.14. The Bertz CT molecular complexity index is 1810. The van der Waals surface area contributed by atoms with Crippen LogP contribution in [0.5, 0.6) is 0 Å². The van der Waals surface area contributed by atoms with Gasteiger partial charge in [-0.3, -0.25) is 14.4 Å². The summed E-state index contributed by atoms with van der Waals surface area (Å²) >= 11 is 0. The van der Waals surface area contributed by atoms with Crippen LogP contribution in [-0.2, 0) is 28.6 Å². The van der Waals surface area contributed by atoms with Crippen molar-refractivity contribution in [1.82, 2.24) is 0 Å². The number of allylic oxidation sites excluding steroid dienone is 26. The minimum atomic E-state index is -0.805. The first-order chi connectivity index (χ1) is 40.0. The van der Waals surface area contributed by atoms with E-state index in [1.54, 1.807) is 0 Å². The molecule has 1 unspecified atom stereocenters. The van der Waals surface area contributed by atoms with Crippen molar-refractivity contribution in [2.75, 3.05) is 13.2 Å². The summed E-state index contributed by atoms with van der Waals surface area (Å²) in [6.45, 7) is 6.36. The van der Waals surface area contributed by atoms with E-state index in [2.05, 4.69) is 179 Å². The minimum absolute atomic E-state index is 0.0995. The Morgan fingerprint density at radius 2 is 0.481 bits per heavy atom. The average molecular weight is 1120 g/mol. The summed E-state index contributed by atoms with van der Waals surface area (Å²) in [4.78, 5) is 38.3. The molecule has 0 aliphatic carbocycles. The van der Waals surface area contributed by atoms with E-state index < -0.39 is 6.10 Å². The smallest absolute Gasteiger partial charge is 0.306 e. The standard InChI is InChI=1S/C75H120O6/c1-4-7-10-13-16-19-22-25-27-29-31-33-34-35-36-37-38-39-40-42-43-45-47-50-53-56-59-62-65-68-74(77)80-71-72(70-79-73(76)67-64-61-58-55-52-49-24-21-18-15-12-9-6-3)81-75(78)69-66-63-60-57-54-51-48-46-44-41-32-30-28-26-23-20-17-14-11-8-5-2/h7-8,10-11,16-17,19-21,24-28,31-33,35-36,38-39,41-43,47,50,72H,4-6,9,12-15,18,22-23,29-30,34,37,40,44-46,48-49,51-71H2,1-3H3/b10-7-,11-8-,19-16-,20-17-,24-21-,27-25-,28-26-,33-31-,36-35-,39-38-,41-32-,43-42-,50-47-. The Morgan fingerprint density at radius 3 is 0.765 bits per heavy atom. The summed E-state index contributed by atoms with van der Waals surface area (Å²) in [6, 6.07) is 0. The molecule has 0 aliphatic rings. The quantitative estimate of drug-likeness (QED) is 0.0261. The molecule has 0 aromatic rings. The van der Waals surface area contributed by atoms with Crippen LogP contribution in [0.2, 0.25) is 0 Å². The number of ether oxygens (including phenoxy) is 3. The molecular weight excluding hydrogens is 997 g/mol. The fourth-order valence-electron chi connectivity index (χ4n) is 8.62. The third-order valence-electron chi connectivity index (χ3n) is 13.5. The lowest BCUT2D eigenvalue weighted by Crippen LogP contribution is -2.30. The zero-order chi connectivity index (χ0) is 58.5. The highest BCUT2D eigenvalue weighted by atomic mass is 16.6. The molecule has 6 heteroatoms. The first-order valence-electron chi connectivity index (χ1n) is 33.0. The molecule has 0 spiro atoms. The summed E-state index contributed by atoms with van der Waals surface area (Å²) in [5.41, 5.74) is 0. The zero-order valence-corrected chi connectivity index (χ0v) is 52.2. The van der Waals surface area contributed by atoms with Gasteiger partial charge in [0.25, 0.3) is 0 Å². The molecule has 6 nitrogen and oxygen atoms in total. The fourth-order valence-corrected chi connectivity index (χ4v) is 8.62. The first-order valence-corrected chi connectivity index (χ1v) is 33.0. The van der Waals surface area contributed by atoms with Crippen LogP contribution in [-0.4, -0.2) is 37.2 Å². The average Bonchev–Trinajstić information content (AvgIpc) is 3.46. The van der Waals surface area contributed by atoms with Gasteiger partial charge in [0.2, 0.25) is 0 Å². The van der Waals surface area contributed by atoms with E-state index >= 15 is 0 Å². The predicted octanol–water partition coefficient (Wildman–Crippen LogP) is 22.9. The zero-order valence-electron chi connectivity index (χ0n) is 52.2. The van der Waals surface area contributed by atoms with Gasteiger partial charge in [0.1, 0.15) is 13.2 Å². The summed E-state index contributed by atoms with van der Waals surface area (Å²) in [5, 5.41) is 0. The van der Waals surface area contributed by atoms with E-state index in [0.29, 0.717) is 19.3 Å². The van der Waals surface area contributed by atoms with Crippen molar-refractivity contribution < 1.29 is 28.6 Å². The van der Waals surface area contributed by atoms with Crippen molar-refractivity contribution in [2.45, 2.75) is 284 Å². The van der Waals surface area contributed by atoms with Crippen LogP contribution in [0.25, 0.3) is 0 Å².